The Bertz CT molecular complexity index is 2970. The van der Waals surface area contributed by atoms with Crippen LogP contribution < -0.4 is 10.6 Å². The molecule has 10 nitrogen and oxygen atoms in total. The lowest BCUT2D eigenvalue weighted by atomic mass is 9.92. The Hall–Kier alpha value is -6.24. The largest absolute Gasteiger partial charge is 0.500 e. The molecule has 0 fully saturated rings. The van der Waals surface area contributed by atoms with Crippen molar-refractivity contribution in [2.75, 3.05) is 26.4 Å². The molecule has 5 N–H and O–H groups in total. The minimum atomic E-state index is -2.77. The lowest BCUT2D eigenvalue weighted by Gasteiger charge is -2.28. The normalized spacial score (nSPS) is 12.1. The third kappa shape index (κ3) is 9.60. The van der Waals surface area contributed by atoms with Crippen LogP contribution in [0.5, 0.6) is 0 Å². The molecule has 8 rings (SSSR count). The molecule has 8 bridgehead atoms. The summed E-state index contributed by atoms with van der Waals surface area (Å²) >= 11 is 0. The Morgan fingerprint density at radius 1 is 0.538 bits per heavy atom. The van der Waals surface area contributed by atoms with Gasteiger partial charge in [-0.1, -0.05) is 59.7 Å². The van der Waals surface area contributed by atoms with Crippen LogP contribution in [0.2, 0.25) is 6.04 Å². The molecule has 0 saturated heterocycles. The summed E-state index contributed by atoms with van der Waals surface area (Å²) in [4.78, 5) is 29.9. The summed E-state index contributed by atoms with van der Waals surface area (Å²) in [5.74, 6) is 0. The fraction of sp³-hybridized carbons (Fsp3) is 0.296. The van der Waals surface area contributed by atoms with Crippen LogP contribution in [0.15, 0.2) is 84.9 Å². The fourth-order valence-electron chi connectivity index (χ4n) is 9.67. The molecule has 4 aromatic heterocycles. The highest BCUT2D eigenvalue weighted by Gasteiger charge is 2.39. The van der Waals surface area contributed by atoms with Crippen molar-refractivity contribution in [3.05, 3.63) is 135 Å². The van der Waals surface area contributed by atoms with Gasteiger partial charge in [-0.05, 0) is 162 Å². The Labute approximate surface area is 383 Å². The number of carbonyl (C=O) groups is 1. The maximum atomic E-state index is 12.9. The Kier molecular flexibility index (Phi) is 13.6. The summed E-state index contributed by atoms with van der Waals surface area (Å²) < 4.78 is 17.9. The number of hydrogen-bond donors (Lipinski definition) is 5. The van der Waals surface area contributed by atoms with Crippen molar-refractivity contribution in [3.8, 4) is 33.4 Å². The third-order valence-corrected chi connectivity index (χ3v) is 15.3. The number of fused-ring (bicyclic) bond motifs is 9. The zero-order chi connectivity index (χ0) is 45.8. The summed E-state index contributed by atoms with van der Waals surface area (Å²) in [5, 5.41) is 6.03. The van der Waals surface area contributed by atoms with Gasteiger partial charge in [0.25, 0.3) is 0 Å². The van der Waals surface area contributed by atoms with Crippen molar-refractivity contribution in [1.82, 2.24) is 30.6 Å². The van der Waals surface area contributed by atoms with Crippen molar-refractivity contribution in [2.24, 2.45) is 0 Å². The van der Waals surface area contributed by atoms with Crippen LogP contribution in [-0.2, 0) is 19.8 Å². The van der Waals surface area contributed by atoms with Crippen molar-refractivity contribution < 1.29 is 18.1 Å². The van der Waals surface area contributed by atoms with E-state index < -0.39 is 8.80 Å². The van der Waals surface area contributed by atoms with Crippen molar-refractivity contribution >= 4 is 60.1 Å². The van der Waals surface area contributed by atoms with Gasteiger partial charge in [-0.15, -0.1) is 0 Å². The first-order valence-electron chi connectivity index (χ1n) is 22.9. The second-order valence-corrected chi connectivity index (χ2v) is 19.9. The first-order valence-corrected chi connectivity index (χ1v) is 24.9. The van der Waals surface area contributed by atoms with Crippen LogP contribution in [0, 0.1) is 41.5 Å². The standard InChI is InChI=1S/C54H62N6O4Si/c1-10-62-65(63-11-2,64-12-3)27-13-26-55-54(61)56-32-39-14-16-40(17-15-39)51-43-22-24-47(59-43)52(49-35(6)28-33(4)29-36(49)7)45-20-18-41(57-45)42-19-21-46(58-42)53(48-25-23-44(51)60-48)50-37(8)30-34(5)31-38(50)9/h14-25,28-31,57-59H,10-13,26-27,32H2,1-9H3,(H2,55,56,61). The van der Waals surface area contributed by atoms with Crippen LogP contribution >= 0.6 is 0 Å². The second kappa shape index (κ2) is 19.5. The Morgan fingerprint density at radius 2 is 0.969 bits per heavy atom. The van der Waals surface area contributed by atoms with E-state index in [1.807, 2.05) is 20.8 Å². The molecule has 3 aromatic carbocycles. The SMILES string of the molecule is CCO[Si](CCCNC(=O)NCc1ccc(-c2c3nc(c(-c4c(C)cc(C)cc4C)c4ccc([nH]4)c4ccc([nH]4)c(-c4c(C)cc(C)cc4C)c4ccc2[nH]4)C=C3)cc1)(OCC)OCC. The van der Waals surface area contributed by atoms with E-state index in [0.717, 1.165) is 72.3 Å². The molecule has 0 radical (unpaired) electrons. The van der Waals surface area contributed by atoms with Gasteiger partial charge in [-0.25, -0.2) is 9.78 Å². The number of aryl methyl sites for hydroxylation is 6. The van der Waals surface area contributed by atoms with E-state index in [2.05, 4.69) is 164 Å². The predicted molar refractivity (Wildman–Crippen MR) is 270 cm³/mol. The van der Waals surface area contributed by atoms with Crippen LogP contribution in [0.1, 0.15) is 77.5 Å². The molecule has 5 heterocycles. The number of aromatic nitrogens is 4. The number of aromatic amines is 3. The summed E-state index contributed by atoms with van der Waals surface area (Å²) in [6.45, 7) is 21.4. The van der Waals surface area contributed by atoms with Crippen molar-refractivity contribution in [2.45, 2.75) is 81.3 Å². The van der Waals surface area contributed by atoms with Crippen LogP contribution in [-0.4, -0.2) is 61.1 Å². The zero-order valence-corrected chi connectivity index (χ0v) is 40.3. The monoisotopic (exact) mass is 886 g/mol. The quantitative estimate of drug-likeness (QED) is 0.0517. The molecule has 65 heavy (non-hydrogen) atoms. The van der Waals surface area contributed by atoms with Crippen LogP contribution in [0.25, 0.3) is 78.6 Å². The van der Waals surface area contributed by atoms with Gasteiger partial charge >= 0.3 is 14.8 Å². The van der Waals surface area contributed by atoms with Crippen molar-refractivity contribution in [1.29, 1.82) is 0 Å². The lowest BCUT2D eigenvalue weighted by Crippen LogP contribution is -2.46. The van der Waals surface area contributed by atoms with Gasteiger partial charge in [-0.3, -0.25) is 0 Å². The molecule has 0 spiro atoms. The topological polar surface area (TPSA) is 129 Å². The smallest absolute Gasteiger partial charge is 0.374 e. The minimum Gasteiger partial charge on any atom is -0.374 e. The number of carbonyl (C=O) groups excluding carboxylic acids is 1. The number of H-pyrrole nitrogens is 3. The maximum absolute atomic E-state index is 12.9. The van der Waals surface area contributed by atoms with Gasteiger partial charge in [0.2, 0.25) is 0 Å². The molecule has 336 valence electrons. The number of rotatable bonds is 15. The van der Waals surface area contributed by atoms with E-state index in [0.29, 0.717) is 45.4 Å². The highest BCUT2D eigenvalue weighted by Crippen LogP contribution is 2.39. The average molecular weight is 887 g/mol. The third-order valence-electron chi connectivity index (χ3n) is 12.2. The Balaban J connectivity index is 1.21. The van der Waals surface area contributed by atoms with Gasteiger partial charge in [0.05, 0.1) is 22.4 Å². The second-order valence-electron chi connectivity index (χ2n) is 17.1. The maximum Gasteiger partial charge on any atom is 0.500 e. The van der Waals surface area contributed by atoms with Gasteiger partial charge in [0.15, 0.2) is 0 Å². The van der Waals surface area contributed by atoms with Gasteiger partial charge in [0.1, 0.15) is 0 Å². The first kappa shape index (κ1) is 45.3. The van der Waals surface area contributed by atoms with E-state index >= 15 is 0 Å². The van der Waals surface area contributed by atoms with Crippen molar-refractivity contribution in [3.63, 3.8) is 0 Å². The first-order chi connectivity index (χ1) is 31.4. The number of hydrogen-bond acceptors (Lipinski definition) is 5. The van der Waals surface area contributed by atoms with Crippen LogP contribution in [0.4, 0.5) is 4.79 Å². The fourth-order valence-corrected chi connectivity index (χ4v) is 12.3. The number of benzene rings is 3. The van der Waals surface area contributed by atoms with E-state index in [1.165, 1.54) is 44.5 Å². The number of urea groups is 1. The summed E-state index contributed by atoms with van der Waals surface area (Å²) in [6, 6.07) is 30.9. The molecular weight excluding hydrogens is 825 g/mol. The molecular formula is C54H62N6O4Si. The number of nitrogens with one attached hydrogen (secondary N) is 5. The summed E-state index contributed by atoms with van der Waals surface area (Å²) in [5.41, 5.74) is 22.5. The summed E-state index contributed by atoms with van der Waals surface area (Å²) in [6.07, 6.45) is 4.97. The average Bonchev–Trinajstić information content (AvgIpc) is 4.11. The predicted octanol–water partition coefficient (Wildman–Crippen LogP) is 12.8. The van der Waals surface area contributed by atoms with E-state index in [4.69, 9.17) is 18.3 Å². The molecule has 7 aromatic rings. The minimum absolute atomic E-state index is 0.227. The molecule has 11 heteroatoms. The number of nitrogens with zero attached hydrogens (tertiary/aromatic N) is 1. The highest BCUT2D eigenvalue weighted by atomic mass is 28.4. The lowest BCUT2D eigenvalue weighted by molar-refractivity contribution is 0.0708. The molecule has 0 saturated carbocycles. The summed E-state index contributed by atoms with van der Waals surface area (Å²) in [7, 11) is -2.77. The molecule has 0 unspecified atom stereocenters. The van der Waals surface area contributed by atoms with Gasteiger partial charge < -0.3 is 38.9 Å². The molecule has 2 amide bonds. The zero-order valence-electron chi connectivity index (χ0n) is 39.3. The Morgan fingerprint density at radius 3 is 1.48 bits per heavy atom. The van der Waals surface area contributed by atoms with Crippen LogP contribution in [0.3, 0.4) is 0 Å². The molecule has 0 aliphatic carbocycles. The van der Waals surface area contributed by atoms with E-state index in [9.17, 15) is 4.79 Å². The molecule has 1 aliphatic rings. The molecule has 0 atom stereocenters. The molecule has 1 aliphatic heterocycles. The van der Waals surface area contributed by atoms with Gasteiger partial charge in [0, 0.05) is 77.7 Å². The van der Waals surface area contributed by atoms with E-state index in [1.54, 1.807) is 0 Å². The van der Waals surface area contributed by atoms with Gasteiger partial charge in [-0.2, -0.15) is 0 Å². The highest BCUT2D eigenvalue weighted by molar-refractivity contribution is 6.60. The van der Waals surface area contributed by atoms with E-state index in [-0.39, 0.29) is 6.03 Å². The number of amides is 2.